The van der Waals surface area contributed by atoms with Crippen LogP contribution >= 0.6 is 46.9 Å². The smallest absolute Gasteiger partial charge is 0.822 e. The van der Waals surface area contributed by atoms with Crippen molar-refractivity contribution in [1.82, 2.24) is 0 Å². The van der Waals surface area contributed by atoms with Crippen molar-refractivity contribution in [3.63, 3.8) is 0 Å². The molecule has 18 radical (unpaired) electrons. The van der Waals surface area contributed by atoms with Crippen LogP contribution in [0.3, 0.4) is 0 Å². The summed E-state index contributed by atoms with van der Waals surface area (Å²) in [5.74, 6) is 0. The van der Waals surface area contributed by atoms with Crippen molar-refractivity contribution in [3.8, 4) is 0 Å². The summed E-state index contributed by atoms with van der Waals surface area (Å²) >= 11 is 0. The Labute approximate surface area is 400 Å². The molecule has 0 aromatic rings. The zero-order chi connectivity index (χ0) is 27.0. The number of hydrogen-bond acceptors (Lipinski definition) is 24. The average Bonchev–Trinajstić information content (AvgIpc) is 1.94. The van der Waals surface area contributed by atoms with Crippen molar-refractivity contribution in [2.45, 2.75) is 0 Å². The molecule has 39 heteroatoms. The maximum absolute atomic E-state index is 8.55. The Balaban J connectivity index is -0.0000000130. The SMILES string of the molecule is O=P([O-])([O-])[O-].O=P([O-])([O-])[O-].O=P([O-])([O-])[O-].O=P([O-])([O-])[O-].O=P([O-])([O-])[O-].O=P([O-])([O-])[O-].[Pb+2].[Pb+2].[Pb+2].[Pb+2].[Pb+2].[Pb+2].[Pb+2].[Pb+2].[Pb+2]. The van der Waals surface area contributed by atoms with E-state index in [1.807, 2.05) is 0 Å². The molecular weight excluding hydrogens is 2430 g/mol. The summed E-state index contributed by atoms with van der Waals surface area (Å²) in [5.41, 5.74) is 0. The average molecular weight is 2430 g/mol. The molecule has 39 heavy (non-hydrogen) atoms. The first-order valence-corrected chi connectivity index (χ1v) is 13.1. The summed E-state index contributed by atoms with van der Waals surface area (Å²) in [7, 11) is -32.3. The molecular formula is O24P6Pb9. The van der Waals surface area contributed by atoms with E-state index < -0.39 is 46.9 Å². The summed E-state index contributed by atoms with van der Waals surface area (Å²) in [4.78, 5) is 154. The van der Waals surface area contributed by atoms with Gasteiger partial charge < -0.3 is 115 Å². The van der Waals surface area contributed by atoms with Crippen LogP contribution in [0.1, 0.15) is 0 Å². The normalized spacial score (nSPS) is 9.08. The summed E-state index contributed by atoms with van der Waals surface area (Å²) in [5, 5.41) is 0. The molecule has 0 aliphatic carbocycles. The molecule has 0 amide bonds. The van der Waals surface area contributed by atoms with Crippen molar-refractivity contribution in [3.05, 3.63) is 0 Å². The molecule has 0 heterocycles. The Hall–Kier alpha value is 8.96. The molecule has 210 valence electrons. The molecule has 0 atom stereocenters. The maximum Gasteiger partial charge on any atom is 2.00 e. The second-order valence-electron chi connectivity index (χ2n) is 2.68. The first-order valence-electron chi connectivity index (χ1n) is 4.38. The topological polar surface area (TPSA) is 518 Å². The van der Waals surface area contributed by atoms with Crippen molar-refractivity contribution in [2.24, 2.45) is 0 Å². The second kappa shape index (κ2) is 49.1. The third-order valence-electron chi connectivity index (χ3n) is 0. The summed E-state index contributed by atoms with van der Waals surface area (Å²) in [6.45, 7) is 0. The van der Waals surface area contributed by atoms with E-state index in [1.165, 1.54) is 0 Å². The minimum atomic E-state index is -5.39. The van der Waals surface area contributed by atoms with E-state index in [2.05, 4.69) is 0 Å². The van der Waals surface area contributed by atoms with Gasteiger partial charge in [-0.3, -0.25) is 0 Å². The Morgan fingerprint density at radius 3 is 0.179 bits per heavy atom. The van der Waals surface area contributed by atoms with Crippen LogP contribution in [-0.2, 0) is 27.4 Å². The molecule has 24 nitrogen and oxygen atoms in total. The third kappa shape index (κ3) is 1180. The van der Waals surface area contributed by atoms with Crippen molar-refractivity contribution in [2.75, 3.05) is 0 Å². The molecule has 0 aromatic carbocycles. The molecule has 0 bridgehead atoms. The second-order valence-corrected chi connectivity index (χ2v) is 8.05. The predicted octanol–water partition coefficient (Wildman–Crippen LogP) is -20.4. The zero-order valence-electron chi connectivity index (χ0n) is 17.0. The Bertz CT molecular complexity index is 484. The van der Waals surface area contributed by atoms with Gasteiger partial charge in [-0.15, -0.1) is 0 Å². The fraction of sp³-hybridized carbons (Fsp3) is 0. The van der Waals surface area contributed by atoms with E-state index in [0.29, 0.717) is 0 Å². The van der Waals surface area contributed by atoms with Crippen LogP contribution in [-0.4, -0.2) is 246 Å². The van der Waals surface area contributed by atoms with Crippen LogP contribution < -0.4 is 88.1 Å². The quantitative estimate of drug-likeness (QED) is 0.160. The largest absolute Gasteiger partial charge is 2.00 e. The van der Waals surface area contributed by atoms with Gasteiger partial charge >= 0.3 is 246 Å². The van der Waals surface area contributed by atoms with Gasteiger partial charge in [0.2, 0.25) is 0 Å². The summed E-state index contributed by atoms with van der Waals surface area (Å²) in [6.07, 6.45) is 0. The van der Waals surface area contributed by atoms with Gasteiger partial charge in [0.15, 0.2) is 0 Å². The first-order chi connectivity index (χ1) is 12.0. The molecule has 0 saturated carbocycles. The van der Waals surface area contributed by atoms with Crippen LogP contribution in [0.2, 0.25) is 0 Å². The molecule has 0 aliphatic rings. The summed E-state index contributed by atoms with van der Waals surface area (Å²) < 4.78 is 51.3. The van der Waals surface area contributed by atoms with Crippen molar-refractivity contribution >= 4 is 293 Å². The van der Waals surface area contributed by atoms with Gasteiger partial charge in [0.05, 0.1) is 0 Å². The van der Waals surface area contributed by atoms with Crippen molar-refractivity contribution in [1.29, 1.82) is 0 Å². The standard InChI is InChI=1S/6H3O4P.9Pb/c6*1-5(2,3)4;;;;;;;;;/h6*(H3,1,2,3,4);;;;;;;;;/q;;;;;;9*+2/p-18. The monoisotopic (exact) mass is 2440 g/mol. The van der Waals surface area contributed by atoms with Crippen LogP contribution in [0, 0.1) is 0 Å². The molecule has 0 unspecified atom stereocenters. The molecule has 0 aliphatic heterocycles. The molecule has 0 fully saturated rings. The first kappa shape index (κ1) is 97.4. The van der Waals surface area contributed by atoms with Gasteiger partial charge in [-0.2, -0.15) is 46.9 Å². The Kier molecular flexibility index (Phi) is 122. The van der Waals surface area contributed by atoms with Gasteiger partial charge in [0.25, 0.3) is 0 Å². The van der Waals surface area contributed by atoms with Gasteiger partial charge in [0, 0.05) is 0 Å². The van der Waals surface area contributed by atoms with E-state index in [0.717, 1.165) is 0 Å². The predicted molar refractivity (Wildman–Crippen MR) is 97.4 cm³/mol. The third-order valence-corrected chi connectivity index (χ3v) is 0. The molecule has 0 aromatic heterocycles. The number of hydrogen-bond donors (Lipinski definition) is 0. The maximum atomic E-state index is 8.55. The molecule has 0 N–H and O–H groups in total. The fourth-order valence-corrected chi connectivity index (χ4v) is 0. The van der Waals surface area contributed by atoms with Crippen LogP contribution in [0.4, 0.5) is 0 Å². The minimum Gasteiger partial charge on any atom is -0.822 e. The van der Waals surface area contributed by atoms with E-state index in [9.17, 15) is 0 Å². The molecule has 0 spiro atoms. The number of phosphoric acid groups is 6. The van der Waals surface area contributed by atoms with Crippen LogP contribution in [0.25, 0.3) is 0 Å². The molecule has 0 rings (SSSR count). The fourth-order valence-electron chi connectivity index (χ4n) is 0. The Morgan fingerprint density at radius 2 is 0.179 bits per heavy atom. The van der Waals surface area contributed by atoms with Crippen LogP contribution in [0.5, 0.6) is 0 Å². The minimum absolute atomic E-state index is 0. The van der Waals surface area contributed by atoms with Crippen molar-refractivity contribution < 1.29 is 115 Å². The van der Waals surface area contributed by atoms with E-state index in [-0.39, 0.29) is 246 Å². The van der Waals surface area contributed by atoms with Gasteiger partial charge in [-0.25, -0.2) is 0 Å². The van der Waals surface area contributed by atoms with E-state index in [4.69, 9.17) is 115 Å². The van der Waals surface area contributed by atoms with Crippen LogP contribution in [0.15, 0.2) is 0 Å². The molecule has 0 saturated heterocycles. The summed E-state index contributed by atoms with van der Waals surface area (Å²) in [6, 6.07) is 0. The van der Waals surface area contributed by atoms with Gasteiger partial charge in [0.1, 0.15) is 0 Å². The van der Waals surface area contributed by atoms with Gasteiger partial charge in [-0.1, -0.05) is 0 Å². The number of rotatable bonds is 0. The zero-order valence-corrected chi connectivity index (χ0v) is 57.3. The Morgan fingerprint density at radius 1 is 0.179 bits per heavy atom. The van der Waals surface area contributed by atoms with E-state index >= 15 is 0 Å². The van der Waals surface area contributed by atoms with Gasteiger partial charge in [-0.05, 0) is 0 Å². The van der Waals surface area contributed by atoms with E-state index in [1.54, 1.807) is 0 Å².